The molecule has 158 valence electrons. The van der Waals surface area contributed by atoms with E-state index in [1.54, 1.807) is 12.1 Å². The van der Waals surface area contributed by atoms with Crippen molar-refractivity contribution in [3.63, 3.8) is 0 Å². The SMILES string of the molecule is Cc1cc(OCCn2c(CCNC(=O)c3ccccc3)nc3ccccc32)ccc1Cl. The van der Waals surface area contributed by atoms with Crippen LogP contribution in [-0.2, 0) is 13.0 Å². The molecule has 4 aromatic rings. The lowest BCUT2D eigenvalue weighted by Crippen LogP contribution is -2.26. The molecule has 1 heterocycles. The van der Waals surface area contributed by atoms with Gasteiger partial charge < -0.3 is 14.6 Å². The van der Waals surface area contributed by atoms with Gasteiger partial charge in [0.1, 0.15) is 18.2 Å². The number of carbonyl (C=O) groups is 1. The summed E-state index contributed by atoms with van der Waals surface area (Å²) in [5.74, 6) is 1.64. The lowest BCUT2D eigenvalue weighted by Gasteiger charge is -2.12. The van der Waals surface area contributed by atoms with Gasteiger partial charge in [0.15, 0.2) is 0 Å². The summed E-state index contributed by atoms with van der Waals surface area (Å²) >= 11 is 6.09. The maximum absolute atomic E-state index is 12.3. The first-order valence-corrected chi connectivity index (χ1v) is 10.7. The highest BCUT2D eigenvalue weighted by atomic mass is 35.5. The van der Waals surface area contributed by atoms with Crippen molar-refractivity contribution in [1.29, 1.82) is 0 Å². The van der Waals surface area contributed by atoms with Crippen molar-refractivity contribution in [3.05, 3.63) is 94.8 Å². The second-order valence-corrected chi connectivity index (χ2v) is 7.71. The molecule has 0 aliphatic heterocycles. The Morgan fingerprint density at radius 2 is 1.84 bits per heavy atom. The van der Waals surface area contributed by atoms with Crippen LogP contribution in [0.2, 0.25) is 5.02 Å². The number of imidazole rings is 1. The topological polar surface area (TPSA) is 56.1 Å². The van der Waals surface area contributed by atoms with E-state index >= 15 is 0 Å². The van der Waals surface area contributed by atoms with Crippen molar-refractivity contribution in [1.82, 2.24) is 14.9 Å². The predicted octanol–water partition coefficient (Wildman–Crippen LogP) is 5.05. The molecule has 1 N–H and O–H groups in total. The number of hydrogen-bond donors (Lipinski definition) is 1. The van der Waals surface area contributed by atoms with Crippen LogP contribution in [0, 0.1) is 6.92 Å². The van der Waals surface area contributed by atoms with E-state index in [4.69, 9.17) is 21.3 Å². The number of rotatable bonds is 8. The highest BCUT2D eigenvalue weighted by Crippen LogP contribution is 2.21. The Bertz CT molecular complexity index is 1190. The van der Waals surface area contributed by atoms with E-state index in [1.165, 1.54) is 0 Å². The minimum Gasteiger partial charge on any atom is -0.492 e. The fraction of sp³-hybridized carbons (Fsp3) is 0.200. The Balaban J connectivity index is 1.42. The predicted molar refractivity (Wildman–Crippen MR) is 124 cm³/mol. The normalized spacial score (nSPS) is 10.9. The number of aryl methyl sites for hydroxylation is 1. The summed E-state index contributed by atoms with van der Waals surface area (Å²) in [5, 5.41) is 3.71. The fourth-order valence-corrected chi connectivity index (χ4v) is 3.62. The average molecular weight is 434 g/mol. The van der Waals surface area contributed by atoms with Crippen LogP contribution in [0.15, 0.2) is 72.8 Å². The molecule has 0 fully saturated rings. The molecule has 0 saturated heterocycles. The smallest absolute Gasteiger partial charge is 0.251 e. The number of para-hydroxylation sites is 2. The first-order valence-electron chi connectivity index (χ1n) is 10.3. The summed E-state index contributed by atoms with van der Waals surface area (Å²) in [7, 11) is 0. The monoisotopic (exact) mass is 433 g/mol. The van der Waals surface area contributed by atoms with Crippen LogP contribution in [0.25, 0.3) is 11.0 Å². The lowest BCUT2D eigenvalue weighted by molar-refractivity contribution is 0.0954. The quantitative estimate of drug-likeness (QED) is 0.423. The van der Waals surface area contributed by atoms with Crippen LogP contribution in [0.1, 0.15) is 21.7 Å². The third-order valence-corrected chi connectivity index (χ3v) is 5.54. The fourth-order valence-electron chi connectivity index (χ4n) is 3.51. The Kier molecular flexibility index (Phi) is 6.53. The molecular weight excluding hydrogens is 410 g/mol. The van der Waals surface area contributed by atoms with Crippen molar-refractivity contribution in [2.75, 3.05) is 13.2 Å². The molecule has 0 unspecified atom stereocenters. The summed E-state index contributed by atoms with van der Waals surface area (Å²) in [5.41, 5.74) is 3.64. The number of nitrogens with zero attached hydrogens (tertiary/aromatic N) is 2. The van der Waals surface area contributed by atoms with Crippen molar-refractivity contribution >= 4 is 28.5 Å². The second-order valence-electron chi connectivity index (χ2n) is 7.30. The number of hydrogen-bond acceptors (Lipinski definition) is 3. The molecule has 0 bridgehead atoms. The molecule has 0 aliphatic rings. The van der Waals surface area contributed by atoms with Crippen LogP contribution >= 0.6 is 11.6 Å². The number of carbonyl (C=O) groups excluding carboxylic acids is 1. The number of nitrogens with one attached hydrogen (secondary N) is 1. The van der Waals surface area contributed by atoms with E-state index in [0.717, 1.165) is 33.2 Å². The summed E-state index contributed by atoms with van der Waals surface area (Å²) in [6.45, 7) is 3.63. The Morgan fingerprint density at radius 3 is 2.65 bits per heavy atom. The van der Waals surface area contributed by atoms with Gasteiger partial charge in [0.05, 0.1) is 17.6 Å². The average Bonchev–Trinajstić information content (AvgIpc) is 3.14. The number of ether oxygens (including phenoxy) is 1. The molecule has 0 saturated carbocycles. The molecule has 6 heteroatoms. The van der Waals surface area contributed by atoms with E-state index in [1.807, 2.05) is 61.5 Å². The number of fused-ring (bicyclic) bond motifs is 1. The number of aromatic nitrogens is 2. The largest absolute Gasteiger partial charge is 0.492 e. The van der Waals surface area contributed by atoms with Gasteiger partial charge in [0, 0.05) is 23.6 Å². The van der Waals surface area contributed by atoms with Crippen LogP contribution in [0.5, 0.6) is 5.75 Å². The Hall–Kier alpha value is -3.31. The van der Waals surface area contributed by atoms with Crippen LogP contribution in [-0.4, -0.2) is 28.6 Å². The first-order chi connectivity index (χ1) is 15.1. The summed E-state index contributed by atoms with van der Waals surface area (Å²) < 4.78 is 8.10. The molecule has 0 atom stereocenters. The van der Waals surface area contributed by atoms with Gasteiger partial charge in [-0.1, -0.05) is 41.9 Å². The molecule has 0 aliphatic carbocycles. The summed E-state index contributed by atoms with van der Waals surface area (Å²) in [4.78, 5) is 17.1. The molecule has 5 nitrogen and oxygen atoms in total. The van der Waals surface area contributed by atoms with Gasteiger partial charge in [-0.25, -0.2) is 4.98 Å². The van der Waals surface area contributed by atoms with Crippen LogP contribution < -0.4 is 10.1 Å². The van der Waals surface area contributed by atoms with Crippen molar-refractivity contribution < 1.29 is 9.53 Å². The third kappa shape index (κ3) is 5.06. The van der Waals surface area contributed by atoms with Gasteiger partial charge in [0.2, 0.25) is 0 Å². The maximum Gasteiger partial charge on any atom is 0.251 e. The Labute approximate surface area is 186 Å². The van der Waals surface area contributed by atoms with Crippen molar-refractivity contribution in [3.8, 4) is 5.75 Å². The summed E-state index contributed by atoms with van der Waals surface area (Å²) in [6, 6.07) is 22.9. The van der Waals surface area contributed by atoms with Crippen LogP contribution in [0.3, 0.4) is 0 Å². The molecule has 1 amide bonds. The third-order valence-electron chi connectivity index (χ3n) is 5.12. The molecule has 3 aromatic carbocycles. The minimum absolute atomic E-state index is 0.0790. The zero-order valence-corrected chi connectivity index (χ0v) is 18.1. The second kappa shape index (κ2) is 9.67. The van der Waals surface area contributed by atoms with Crippen LogP contribution in [0.4, 0.5) is 0 Å². The van der Waals surface area contributed by atoms with E-state index < -0.39 is 0 Å². The standard InChI is InChI=1S/C25H24ClN3O2/c1-18-17-20(11-12-21(18)26)31-16-15-29-23-10-6-5-9-22(23)28-24(29)13-14-27-25(30)19-7-3-2-4-8-19/h2-12,17H,13-16H2,1H3,(H,27,30). The van der Waals surface area contributed by atoms with Gasteiger partial charge in [-0.2, -0.15) is 0 Å². The highest BCUT2D eigenvalue weighted by Gasteiger charge is 2.12. The molecule has 4 rings (SSSR count). The Morgan fingerprint density at radius 1 is 1.06 bits per heavy atom. The highest BCUT2D eigenvalue weighted by molar-refractivity contribution is 6.31. The maximum atomic E-state index is 12.3. The molecule has 1 aromatic heterocycles. The molecular formula is C25H24ClN3O2. The zero-order chi connectivity index (χ0) is 21.6. The number of benzene rings is 3. The zero-order valence-electron chi connectivity index (χ0n) is 17.3. The van der Waals surface area contributed by atoms with Gasteiger partial charge in [0.25, 0.3) is 5.91 Å². The summed E-state index contributed by atoms with van der Waals surface area (Å²) in [6.07, 6.45) is 0.632. The van der Waals surface area contributed by atoms with E-state index in [-0.39, 0.29) is 5.91 Å². The molecule has 31 heavy (non-hydrogen) atoms. The first kappa shape index (κ1) is 20.9. The van der Waals surface area contributed by atoms with Crippen molar-refractivity contribution in [2.24, 2.45) is 0 Å². The van der Waals surface area contributed by atoms with Gasteiger partial charge in [-0.05, 0) is 55.0 Å². The van der Waals surface area contributed by atoms with Crippen molar-refractivity contribution in [2.45, 2.75) is 19.9 Å². The van der Waals surface area contributed by atoms with Gasteiger partial charge >= 0.3 is 0 Å². The molecule has 0 radical (unpaired) electrons. The van der Waals surface area contributed by atoms with E-state index in [9.17, 15) is 4.79 Å². The minimum atomic E-state index is -0.0790. The van der Waals surface area contributed by atoms with Gasteiger partial charge in [-0.15, -0.1) is 0 Å². The van der Waals surface area contributed by atoms with E-state index in [0.29, 0.717) is 31.7 Å². The van der Waals surface area contributed by atoms with Gasteiger partial charge in [-0.3, -0.25) is 4.79 Å². The lowest BCUT2D eigenvalue weighted by atomic mass is 10.2. The number of amides is 1. The molecule has 0 spiro atoms. The number of halogens is 1. The van der Waals surface area contributed by atoms with E-state index in [2.05, 4.69) is 16.0 Å².